The summed E-state index contributed by atoms with van der Waals surface area (Å²) < 4.78 is 0. The zero-order valence-corrected chi connectivity index (χ0v) is 7.26. The molecule has 2 nitrogen and oxygen atoms in total. The maximum atomic E-state index is 10.4. The van der Waals surface area contributed by atoms with Crippen LogP contribution in [0.15, 0.2) is 24.8 Å². The molecule has 0 heterocycles. The first-order valence-electron chi connectivity index (χ1n) is 3.52. The number of allylic oxidation sites excluding steroid dienone is 3. The highest BCUT2D eigenvalue weighted by atomic mass is 16.1. The second-order valence-electron chi connectivity index (χ2n) is 1.55. The molecule has 0 aromatic carbocycles. The predicted octanol–water partition coefficient (Wildman–Crippen LogP) is 1.91. The normalized spacial score (nSPS) is 8.27. The van der Waals surface area contributed by atoms with Crippen molar-refractivity contribution in [3.8, 4) is 0 Å². The van der Waals surface area contributed by atoms with E-state index in [1.807, 2.05) is 13.8 Å². The van der Waals surface area contributed by atoms with Crippen LogP contribution in [0.25, 0.3) is 0 Å². The molecule has 62 valence electrons. The van der Waals surface area contributed by atoms with E-state index >= 15 is 0 Å². The predicted molar refractivity (Wildman–Crippen MR) is 46.4 cm³/mol. The molecule has 0 saturated heterocycles. The molecule has 0 aromatic heterocycles. The lowest BCUT2D eigenvalue weighted by Crippen LogP contribution is -1.86. The standard InChI is InChI=1S/C7H8O2.C2H6/c1-3-7(9)5-4-6(2)8;1-2/h3-5H,1H2,2H3;1-2H3/b5-4-;. The number of rotatable bonds is 3. The maximum Gasteiger partial charge on any atom is 0.178 e. The summed E-state index contributed by atoms with van der Waals surface area (Å²) in [6.07, 6.45) is 3.55. The van der Waals surface area contributed by atoms with Crippen molar-refractivity contribution in [3.05, 3.63) is 24.8 Å². The van der Waals surface area contributed by atoms with Gasteiger partial charge in [-0.3, -0.25) is 9.59 Å². The van der Waals surface area contributed by atoms with Crippen molar-refractivity contribution in [3.63, 3.8) is 0 Å². The van der Waals surface area contributed by atoms with E-state index < -0.39 is 0 Å². The summed E-state index contributed by atoms with van der Waals surface area (Å²) in [4.78, 5) is 20.5. The van der Waals surface area contributed by atoms with Crippen LogP contribution in [0.1, 0.15) is 20.8 Å². The molecule has 0 aliphatic carbocycles. The molecule has 0 unspecified atom stereocenters. The highest BCUT2D eigenvalue weighted by Gasteiger charge is 1.85. The lowest BCUT2D eigenvalue weighted by atomic mass is 10.3. The fraction of sp³-hybridized carbons (Fsp3) is 0.333. The van der Waals surface area contributed by atoms with Gasteiger partial charge in [0.05, 0.1) is 0 Å². The molecular weight excluding hydrogens is 140 g/mol. The van der Waals surface area contributed by atoms with Crippen LogP contribution in [-0.2, 0) is 9.59 Å². The second kappa shape index (κ2) is 8.82. The Morgan fingerprint density at radius 3 is 1.91 bits per heavy atom. The van der Waals surface area contributed by atoms with Gasteiger partial charge in [-0.2, -0.15) is 0 Å². The van der Waals surface area contributed by atoms with Gasteiger partial charge < -0.3 is 0 Å². The summed E-state index contributed by atoms with van der Waals surface area (Å²) >= 11 is 0. The molecule has 0 aliphatic heterocycles. The van der Waals surface area contributed by atoms with E-state index in [-0.39, 0.29) is 11.6 Å². The molecule has 0 atom stereocenters. The van der Waals surface area contributed by atoms with Gasteiger partial charge in [-0.15, -0.1) is 0 Å². The van der Waals surface area contributed by atoms with Crippen LogP contribution < -0.4 is 0 Å². The first-order valence-corrected chi connectivity index (χ1v) is 3.52. The largest absolute Gasteiger partial charge is 0.295 e. The van der Waals surface area contributed by atoms with Gasteiger partial charge in [-0.25, -0.2) is 0 Å². The van der Waals surface area contributed by atoms with E-state index in [0.717, 1.165) is 6.08 Å². The Kier molecular flexibility index (Phi) is 10.0. The van der Waals surface area contributed by atoms with Crippen molar-refractivity contribution in [2.45, 2.75) is 20.8 Å². The van der Waals surface area contributed by atoms with E-state index in [2.05, 4.69) is 6.58 Å². The fourth-order valence-corrected chi connectivity index (χ4v) is 0.268. The van der Waals surface area contributed by atoms with Crippen molar-refractivity contribution < 1.29 is 9.59 Å². The van der Waals surface area contributed by atoms with Gasteiger partial charge in [0.25, 0.3) is 0 Å². The number of hydrogen-bond donors (Lipinski definition) is 0. The van der Waals surface area contributed by atoms with Crippen LogP contribution in [0.3, 0.4) is 0 Å². The number of hydrogen-bond acceptors (Lipinski definition) is 2. The molecule has 0 radical (unpaired) electrons. The molecule has 11 heavy (non-hydrogen) atoms. The Morgan fingerprint density at radius 2 is 1.64 bits per heavy atom. The van der Waals surface area contributed by atoms with E-state index in [1.165, 1.54) is 19.1 Å². The van der Waals surface area contributed by atoms with Gasteiger partial charge in [0.15, 0.2) is 11.6 Å². The minimum atomic E-state index is -0.245. The molecule has 0 fully saturated rings. The molecule has 0 bridgehead atoms. The Morgan fingerprint density at radius 1 is 1.18 bits per heavy atom. The molecule has 0 rings (SSSR count). The van der Waals surface area contributed by atoms with Crippen LogP contribution in [0.4, 0.5) is 0 Å². The average Bonchev–Trinajstić information content (AvgIpc) is 2.04. The summed E-state index contributed by atoms with van der Waals surface area (Å²) in [7, 11) is 0. The number of carbonyl (C=O) groups is 2. The quantitative estimate of drug-likeness (QED) is 0.582. The van der Waals surface area contributed by atoms with Crippen molar-refractivity contribution >= 4 is 11.6 Å². The smallest absolute Gasteiger partial charge is 0.178 e. The van der Waals surface area contributed by atoms with Crippen LogP contribution in [0.5, 0.6) is 0 Å². The third-order valence-corrected chi connectivity index (χ3v) is 0.683. The van der Waals surface area contributed by atoms with Crippen LogP contribution >= 0.6 is 0 Å². The van der Waals surface area contributed by atoms with E-state index in [0.29, 0.717) is 0 Å². The molecule has 0 N–H and O–H groups in total. The minimum Gasteiger partial charge on any atom is -0.295 e. The number of carbonyl (C=O) groups excluding carboxylic acids is 2. The summed E-state index contributed by atoms with van der Waals surface area (Å²) in [6.45, 7) is 8.61. The highest BCUT2D eigenvalue weighted by Crippen LogP contribution is 1.78. The first kappa shape index (κ1) is 12.5. The molecule has 0 aliphatic rings. The topological polar surface area (TPSA) is 34.1 Å². The SMILES string of the molecule is C=CC(=O)/C=C\C(C)=O.CC. The zero-order valence-electron chi connectivity index (χ0n) is 7.26. The Bertz CT molecular complexity index is 166. The van der Waals surface area contributed by atoms with Crippen molar-refractivity contribution in [2.24, 2.45) is 0 Å². The Labute approximate surface area is 67.6 Å². The van der Waals surface area contributed by atoms with Gasteiger partial charge >= 0.3 is 0 Å². The summed E-state index contributed by atoms with van der Waals surface area (Å²) in [5.41, 5.74) is 0. The molecule has 2 heteroatoms. The summed E-state index contributed by atoms with van der Waals surface area (Å²) in [6, 6.07) is 0. The molecule has 0 amide bonds. The van der Waals surface area contributed by atoms with Crippen molar-refractivity contribution in [1.82, 2.24) is 0 Å². The fourth-order valence-electron chi connectivity index (χ4n) is 0.268. The van der Waals surface area contributed by atoms with Gasteiger partial charge in [0, 0.05) is 0 Å². The molecule has 0 spiro atoms. The Balaban J connectivity index is 0. The monoisotopic (exact) mass is 154 g/mol. The second-order valence-corrected chi connectivity index (χ2v) is 1.55. The van der Waals surface area contributed by atoms with Crippen LogP contribution in [0.2, 0.25) is 0 Å². The van der Waals surface area contributed by atoms with Gasteiger partial charge in [0.2, 0.25) is 0 Å². The minimum absolute atomic E-state index is 0.134. The van der Waals surface area contributed by atoms with E-state index in [1.54, 1.807) is 0 Å². The highest BCUT2D eigenvalue weighted by molar-refractivity contribution is 6.03. The summed E-state index contributed by atoms with van der Waals surface area (Å²) in [5, 5.41) is 0. The zero-order chi connectivity index (χ0) is 9.28. The third kappa shape index (κ3) is 12.1. The van der Waals surface area contributed by atoms with Crippen molar-refractivity contribution in [2.75, 3.05) is 0 Å². The van der Waals surface area contributed by atoms with Gasteiger partial charge in [0.1, 0.15) is 0 Å². The summed E-state index contributed by atoms with van der Waals surface area (Å²) in [5.74, 6) is -0.379. The molecule has 0 saturated carbocycles. The lowest BCUT2D eigenvalue weighted by Gasteiger charge is -1.76. The maximum absolute atomic E-state index is 10.4. The van der Waals surface area contributed by atoms with E-state index in [4.69, 9.17) is 0 Å². The third-order valence-electron chi connectivity index (χ3n) is 0.683. The van der Waals surface area contributed by atoms with Crippen molar-refractivity contribution in [1.29, 1.82) is 0 Å². The molecular formula is C9H14O2. The van der Waals surface area contributed by atoms with Gasteiger partial charge in [-0.05, 0) is 25.2 Å². The lowest BCUT2D eigenvalue weighted by molar-refractivity contribution is -0.113. The van der Waals surface area contributed by atoms with Crippen LogP contribution in [0, 0.1) is 0 Å². The first-order chi connectivity index (χ1) is 5.16. The Hall–Kier alpha value is -1.18. The molecule has 0 aromatic rings. The van der Waals surface area contributed by atoms with E-state index in [9.17, 15) is 9.59 Å². The van der Waals surface area contributed by atoms with Crippen LogP contribution in [-0.4, -0.2) is 11.6 Å². The average molecular weight is 154 g/mol. The van der Waals surface area contributed by atoms with Gasteiger partial charge in [-0.1, -0.05) is 20.4 Å². The number of ketones is 2.